The standard InChI is InChI=1S/C28H34O6/c1-18(31-2)32-17-33-24-9-8-23(16-29)26(34-27(30)22-6-4-3-5-7-22)25(24)28-13-19-10-20(14-28)12-21(11-19)15-28/h3-9,18-21,29H,10-17H2,1-2H3. The first-order valence-corrected chi connectivity index (χ1v) is 12.3. The molecular weight excluding hydrogens is 432 g/mol. The number of aliphatic hydroxyl groups excluding tert-OH is 1. The minimum atomic E-state index is -0.428. The summed E-state index contributed by atoms with van der Waals surface area (Å²) in [5.41, 5.74) is 1.89. The first kappa shape index (κ1) is 23.3. The summed E-state index contributed by atoms with van der Waals surface area (Å²) in [6.45, 7) is 1.62. The van der Waals surface area contributed by atoms with Crippen LogP contribution in [0.1, 0.15) is 66.9 Å². The van der Waals surface area contributed by atoms with Crippen LogP contribution in [-0.4, -0.2) is 31.3 Å². The quantitative estimate of drug-likeness (QED) is 0.311. The maximum Gasteiger partial charge on any atom is 0.343 e. The van der Waals surface area contributed by atoms with Crippen LogP contribution >= 0.6 is 0 Å². The summed E-state index contributed by atoms with van der Waals surface area (Å²) in [6.07, 6.45) is 6.68. The van der Waals surface area contributed by atoms with Gasteiger partial charge in [-0.2, -0.15) is 0 Å². The van der Waals surface area contributed by atoms with Crippen LogP contribution in [0.2, 0.25) is 0 Å². The van der Waals surface area contributed by atoms with Crippen molar-refractivity contribution in [2.45, 2.75) is 63.8 Å². The van der Waals surface area contributed by atoms with Crippen molar-refractivity contribution in [2.24, 2.45) is 17.8 Å². The molecule has 4 bridgehead atoms. The molecule has 0 spiro atoms. The molecule has 0 amide bonds. The van der Waals surface area contributed by atoms with Gasteiger partial charge >= 0.3 is 5.97 Å². The average Bonchev–Trinajstić information content (AvgIpc) is 2.83. The molecule has 6 rings (SSSR count). The Morgan fingerprint density at radius 1 is 1.03 bits per heavy atom. The molecule has 4 aliphatic carbocycles. The number of carbonyl (C=O) groups is 1. The molecule has 34 heavy (non-hydrogen) atoms. The van der Waals surface area contributed by atoms with Gasteiger partial charge in [0.1, 0.15) is 11.5 Å². The molecule has 0 saturated heterocycles. The highest BCUT2D eigenvalue weighted by atomic mass is 16.7. The number of benzene rings is 2. The van der Waals surface area contributed by atoms with E-state index in [2.05, 4.69) is 0 Å². The first-order chi connectivity index (χ1) is 16.5. The van der Waals surface area contributed by atoms with E-state index < -0.39 is 12.3 Å². The predicted molar refractivity (Wildman–Crippen MR) is 127 cm³/mol. The second kappa shape index (κ2) is 9.68. The number of hydrogen-bond acceptors (Lipinski definition) is 6. The average molecular weight is 467 g/mol. The molecular formula is C28H34O6. The van der Waals surface area contributed by atoms with Gasteiger partial charge in [-0.15, -0.1) is 0 Å². The zero-order valence-corrected chi connectivity index (χ0v) is 20.0. The van der Waals surface area contributed by atoms with Crippen molar-refractivity contribution in [3.05, 3.63) is 59.2 Å². The fourth-order valence-electron chi connectivity index (χ4n) is 6.88. The van der Waals surface area contributed by atoms with Crippen LogP contribution in [0.5, 0.6) is 11.5 Å². The second-order valence-electron chi connectivity index (χ2n) is 10.3. The molecule has 4 fully saturated rings. The predicted octanol–water partition coefficient (Wildman–Crippen LogP) is 5.21. The summed E-state index contributed by atoms with van der Waals surface area (Å²) in [7, 11) is 1.59. The molecule has 0 radical (unpaired) electrons. The third-order valence-electron chi connectivity index (χ3n) is 7.99. The SMILES string of the molecule is COC(C)OCOc1ccc(CO)c(OC(=O)c2ccccc2)c1C12CC3CC(CC(C3)C1)C2. The maximum absolute atomic E-state index is 13.1. The highest BCUT2D eigenvalue weighted by Gasteiger charge is 2.54. The van der Waals surface area contributed by atoms with E-state index in [1.165, 1.54) is 19.3 Å². The number of methoxy groups -OCH3 is 1. The second-order valence-corrected chi connectivity index (χ2v) is 10.3. The molecule has 0 heterocycles. The third-order valence-corrected chi connectivity index (χ3v) is 7.99. The highest BCUT2D eigenvalue weighted by Crippen LogP contribution is 2.63. The molecule has 4 saturated carbocycles. The van der Waals surface area contributed by atoms with Crippen molar-refractivity contribution in [3.8, 4) is 11.5 Å². The van der Waals surface area contributed by atoms with Gasteiger partial charge in [-0.05, 0) is 87.5 Å². The van der Waals surface area contributed by atoms with Gasteiger partial charge in [0.15, 0.2) is 13.1 Å². The highest BCUT2D eigenvalue weighted by molar-refractivity contribution is 5.91. The van der Waals surface area contributed by atoms with Crippen molar-refractivity contribution in [1.29, 1.82) is 0 Å². The Morgan fingerprint density at radius 2 is 1.68 bits per heavy atom. The van der Waals surface area contributed by atoms with Crippen molar-refractivity contribution in [3.63, 3.8) is 0 Å². The van der Waals surface area contributed by atoms with Gasteiger partial charge in [-0.3, -0.25) is 0 Å². The molecule has 2 aromatic rings. The summed E-state index contributed by atoms with van der Waals surface area (Å²) >= 11 is 0. The van der Waals surface area contributed by atoms with Crippen LogP contribution in [-0.2, 0) is 21.5 Å². The fraction of sp³-hybridized carbons (Fsp3) is 0.536. The van der Waals surface area contributed by atoms with Crippen molar-refractivity contribution in [2.75, 3.05) is 13.9 Å². The number of aliphatic hydroxyl groups is 1. The Balaban J connectivity index is 1.56. The van der Waals surface area contributed by atoms with Crippen molar-refractivity contribution < 1.29 is 28.8 Å². The van der Waals surface area contributed by atoms with Crippen molar-refractivity contribution >= 4 is 5.97 Å². The minimum Gasteiger partial charge on any atom is -0.467 e. The largest absolute Gasteiger partial charge is 0.467 e. The van der Waals surface area contributed by atoms with E-state index in [0.717, 1.165) is 24.8 Å². The molecule has 0 aromatic heterocycles. The van der Waals surface area contributed by atoms with Crippen LogP contribution in [0, 0.1) is 17.8 Å². The summed E-state index contributed by atoms with van der Waals surface area (Å²) in [4.78, 5) is 13.1. The Morgan fingerprint density at radius 3 is 2.26 bits per heavy atom. The van der Waals surface area contributed by atoms with E-state index in [-0.39, 0.29) is 18.8 Å². The molecule has 182 valence electrons. The van der Waals surface area contributed by atoms with Gasteiger partial charge in [-0.25, -0.2) is 4.79 Å². The van der Waals surface area contributed by atoms with Gasteiger partial charge in [-0.1, -0.05) is 18.2 Å². The normalized spacial score (nSPS) is 28.0. The lowest BCUT2D eigenvalue weighted by molar-refractivity contribution is -0.150. The van der Waals surface area contributed by atoms with Crippen LogP contribution in [0.3, 0.4) is 0 Å². The topological polar surface area (TPSA) is 74.2 Å². The van der Waals surface area contributed by atoms with Gasteiger partial charge in [0.2, 0.25) is 0 Å². The number of esters is 1. The van der Waals surface area contributed by atoms with E-state index in [0.29, 0.717) is 40.4 Å². The summed E-state index contributed by atoms with van der Waals surface area (Å²) < 4.78 is 23.0. The van der Waals surface area contributed by atoms with Gasteiger partial charge < -0.3 is 24.1 Å². The van der Waals surface area contributed by atoms with E-state index in [9.17, 15) is 9.90 Å². The zero-order chi connectivity index (χ0) is 23.7. The van der Waals surface area contributed by atoms with Crippen molar-refractivity contribution in [1.82, 2.24) is 0 Å². The van der Waals surface area contributed by atoms with Crippen LogP contribution in [0.4, 0.5) is 0 Å². The van der Waals surface area contributed by atoms with E-state index in [4.69, 9.17) is 18.9 Å². The molecule has 1 N–H and O–H groups in total. The van der Waals surface area contributed by atoms with Gasteiger partial charge in [0.05, 0.1) is 12.2 Å². The molecule has 1 atom stereocenters. The molecule has 2 aromatic carbocycles. The summed E-state index contributed by atoms with van der Waals surface area (Å²) in [6, 6.07) is 12.7. The summed E-state index contributed by atoms with van der Waals surface area (Å²) in [5, 5.41) is 10.2. The summed E-state index contributed by atoms with van der Waals surface area (Å²) in [5.74, 6) is 2.77. The zero-order valence-electron chi connectivity index (χ0n) is 20.0. The lowest BCUT2D eigenvalue weighted by Crippen LogP contribution is -2.49. The Hall–Kier alpha value is -2.41. The number of rotatable bonds is 9. The van der Waals surface area contributed by atoms with E-state index in [1.54, 1.807) is 25.3 Å². The smallest absolute Gasteiger partial charge is 0.343 e. The molecule has 6 heteroatoms. The third kappa shape index (κ3) is 4.47. The molecule has 0 aliphatic heterocycles. The minimum absolute atomic E-state index is 0.0267. The van der Waals surface area contributed by atoms with Gasteiger partial charge in [0.25, 0.3) is 0 Å². The number of carbonyl (C=O) groups excluding carboxylic acids is 1. The molecule has 4 aliphatic rings. The Bertz CT molecular complexity index is 982. The van der Waals surface area contributed by atoms with Crippen LogP contribution in [0.25, 0.3) is 0 Å². The lowest BCUT2D eigenvalue weighted by Gasteiger charge is -2.57. The number of ether oxygens (including phenoxy) is 4. The van der Waals surface area contributed by atoms with E-state index in [1.807, 2.05) is 31.2 Å². The van der Waals surface area contributed by atoms with E-state index >= 15 is 0 Å². The van der Waals surface area contributed by atoms with Crippen LogP contribution < -0.4 is 9.47 Å². The maximum atomic E-state index is 13.1. The van der Waals surface area contributed by atoms with Crippen LogP contribution in [0.15, 0.2) is 42.5 Å². The monoisotopic (exact) mass is 466 g/mol. The Labute approximate surface area is 201 Å². The lowest BCUT2D eigenvalue weighted by atomic mass is 9.47. The first-order valence-electron chi connectivity index (χ1n) is 12.3. The molecule has 1 unspecified atom stereocenters. The fourth-order valence-corrected chi connectivity index (χ4v) is 6.88. The van der Waals surface area contributed by atoms with Gasteiger partial charge in [0, 0.05) is 23.7 Å². The Kier molecular flexibility index (Phi) is 6.65. The number of hydrogen-bond donors (Lipinski definition) is 1. The molecule has 6 nitrogen and oxygen atoms in total.